The number of ether oxygens (including phenoxy) is 1. The number of halogens is 1. The minimum absolute atomic E-state index is 0.0613. The van der Waals surface area contributed by atoms with Gasteiger partial charge in [-0.25, -0.2) is 4.39 Å². The van der Waals surface area contributed by atoms with Crippen molar-refractivity contribution in [2.75, 3.05) is 6.61 Å². The molecule has 1 aliphatic rings. The molecule has 0 spiro atoms. The summed E-state index contributed by atoms with van der Waals surface area (Å²) in [7, 11) is 0. The summed E-state index contributed by atoms with van der Waals surface area (Å²) < 4.78 is 18.7. The third-order valence-electron chi connectivity index (χ3n) is 3.61. The van der Waals surface area contributed by atoms with Gasteiger partial charge in [-0.1, -0.05) is 30.3 Å². The summed E-state index contributed by atoms with van der Waals surface area (Å²) in [5, 5.41) is 2.84. The molecule has 1 aliphatic heterocycles. The Kier molecular flexibility index (Phi) is 3.86. The number of hydrogen-bond acceptors (Lipinski definition) is 2. The second-order valence-electron chi connectivity index (χ2n) is 5.17. The van der Waals surface area contributed by atoms with E-state index in [1.54, 1.807) is 12.1 Å². The zero-order valence-corrected chi connectivity index (χ0v) is 11.5. The van der Waals surface area contributed by atoms with Crippen LogP contribution >= 0.6 is 0 Å². The highest BCUT2D eigenvalue weighted by atomic mass is 19.1. The summed E-state index contributed by atoms with van der Waals surface area (Å²) >= 11 is 0. The summed E-state index contributed by atoms with van der Waals surface area (Å²) in [5.41, 5.74) is 1.80. The molecule has 1 amide bonds. The molecular weight excluding hydrogens is 269 g/mol. The average molecular weight is 285 g/mol. The van der Waals surface area contributed by atoms with Crippen LogP contribution in [-0.4, -0.2) is 12.5 Å². The molecule has 0 saturated carbocycles. The van der Waals surface area contributed by atoms with Gasteiger partial charge in [0.05, 0.1) is 5.92 Å². The number of nitrogens with one attached hydrogen (secondary N) is 1. The fraction of sp³-hybridized carbons (Fsp3) is 0.235. The number of benzene rings is 2. The Morgan fingerprint density at radius 3 is 2.95 bits per heavy atom. The van der Waals surface area contributed by atoms with E-state index in [1.807, 2.05) is 24.3 Å². The SMILES string of the molecule is O=C(NCc1cccc(F)c1)[C@@H]1COc2ccccc2C1. The molecule has 2 aromatic rings. The number of para-hydroxylation sites is 1. The van der Waals surface area contributed by atoms with E-state index in [1.165, 1.54) is 12.1 Å². The Hall–Kier alpha value is -2.36. The van der Waals surface area contributed by atoms with Crippen LogP contribution in [-0.2, 0) is 17.8 Å². The first-order chi connectivity index (χ1) is 10.2. The van der Waals surface area contributed by atoms with Crippen LogP contribution in [0.1, 0.15) is 11.1 Å². The molecule has 3 nitrogen and oxygen atoms in total. The lowest BCUT2D eigenvalue weighted by Crippen LogP contribution is -2.37. The van der Waals surface area contributed by atoms with Crippen LogP contribution in [0.2, 0.25) is 0 Å². The molecule has 1 atom stereocenters. The van der Waals surface area contributed by atoms with Crippen molar-refractivity contribution in [2.45, 2.75) is 13.0 Å². The van der Waals surface area contributed by atoms with Crippen LogP contribution in [0.3, 0.4) is 0 Å². The van der Waals surface area contributed by atoms with Gasteiger partial charge in [0.25, 0.3) is 0 Å². The fourth-order valence-electron chi connectivity index (χ4n) is 2.48. The molecule has 1 heterocycles. The van der Waals surface area contributed by atoms with Gasteiger partial charge in [-0.15, -0.1) is 0 Å². The van der Waals surface area contributed by atoms with Crippen LogP contribution in [0.15, 0.2) is 48.5 Å². The Morgan fingerprint density at radius 2 is 2.10 bits per heavy atom. The van der Waals surface area contributed by atoms with Gasteiger partial charge in [0.2, 0.25) is 5.91 Å². The van der Waals surface area contributed by atoms with E-state index in [2.05, 4.69) is 5.32 Å². The second kappa shape index (κ2) is 5.95. The van der Waals surface area contributed by atoms with E-state index in [0.29, 0.717) is 19.6 Å². The number of fused-ring (bicyclic) bond motifs is 1. The van der Waals surface area contributed by atoms with E-state index in [9.17, 15) is 9.18 Å². The molecule has 0 bridgehead atoms. The highest BCUT2D eigenvalue weighted by Gasteiger charge is 2.25. The predicted octanol–water partition coefficient (Wildman–Crippen LogP) is 2.69. The predicted molar refractivity (Wildman–Crippen MR) is 77.4 cm³/mol. The number of rotatable bonds is 3. The highest BCUT2D eigenvalue weighted by Crippen LogP contribution is 2.26. The van der Waals surface area contributed by atoms with Crippen molar-refractivity contribution in [1.29, 1.82) is 0 Å². The first-order valence-corrected chi connectivity index (χ1v) is 6.95. The normalized spacial score (nSPS) is 16.7. The molecule has 4 heteroatoms. The Bertz CT molecular complexity index is 657. The van der Waals surface area contributed by atoms with Crippen molar-refractivity contribution in [1.82, 2.24) is 5.32 Å². The standard InChI is InChI=1S/C17H16FNO2/c18-15-6-3-4-12(8-15)10-19-17(20)14-9-13-5-1-2-7-16(13)21-11-14/h1-8,14H,9-11H2,(H,19,20)/t14-/m0/s1. The van der Waals surface area contributed by atoms with Gasteiger partial charge in [-0.05, 0) is 35.7 Å². The lowest BCUT2D eigenvalue weighted by atomic mass is 9.96. The zero-order valence-electron chi connectivity index (χ0n) is 11.5. The van der Waals surface area contributed by atoms with Crippen LogP contribution < -0.4 is 10.1 Å². The molecule has 0 fully saturated rings. The van der Waals surface area contributed by atoms with Gasteiger partial charge in [0.1, 0.15) is 18.2 Å². The average Bonchev–Trinajstić information content (AvgIpc) is 2.52. The van der Waals surface area contributed by atoms with Crippen LogP contribution in [0, 0.1) is 11.7 Å². The number of amides is 1. The first kappa shape index (κ1) is 13.6. The lowest BCUT2D eigenvalue weighted by molar-refractivity contribution is -0.126. The molecule has 0 radical (unpaired) electrons. The molecule has 21 heavy (non-hydrogen) atoms. The molecule has 0 unspecified atom stereocenters. The van der Waals surface area contributed by atoms with Gasteiger partial charge in [0.15, 0.2) is 0 Å². The Balaban J connectivity index is 1.59. The largest absolute Gasteiger partial charge is 0.492 e. The Labute approximate surface area is 122 Å². The molecule has 0 aromatic heterocycles. The maximum Gasteiger partial charge on any atom is 0.227 e. The van der Waals surface area contributed by atoms with Gasteiger partial charge in [-0.2, -0.15) is 0 Å². The third kappa shape index (κ3) is 3.21. The minimum atomic E-state index is -0.295. The monoisotopic (exact) mass is 285 g/mol. The smallest absolute Gasteiger partial charge is 0.227 e. The van der Waals surface area contributed by atoms with Crippen LogP contribution in [0.4, 0.5) is 4.39 Å². The van der Waals surface area contributed by atoms with E-state index in [0.717, 1.165) is 16.9 Å². The maximum atomic E-state index is 13.1. The van der Waals surface area contributed by atoms with Crippen molar-refractivity contribution >= 4 is 5.91 Å². The summed E-state index contributed by atoms with van der Waals surface area (Å²) in [4.78, 5) is 12.2. The molecule has 0 aliphatic carbocycles. The summed E-state index contributed by atoms with van der Waals surface area (Å²) in [5.74, 6) is 0.297. The van der Waals surface area contributed by atoms with E-state index < -0.39 is 0 Å². The molecule has 2 aromatic carbocycles. The topological polar surface area (TPSA) is 38.3 Å². The van der Waals surface area contributed by atoms with Crippen molar-refractivity contribution < 1.29 is 13.9 Å². The number of carbonyl (C=O) groups excluding carboxylic acids is 1. The van der Waals surface area contributed by atoms with E-state index in [-0.39, 0.29) is 17.6 Å². The van der Waals surface area contributed by atoms with Gasteiger partial charge >= 0.3 is 0 Å². The van der Waals surface area contributed by atoms with Gasteiger partial charge < -0.3 is 10.1 Å². The van der Waals surface area contributed by atoms with Crippen LogP contribution in [0.25, 0.3) is 0 Å². The maximum absolute atomic E-state index is 13.1. The zero-order chi connectivity index (χ0) is 14.7. The van der Waals surface area contributed by atoms with Crippen LogP contribution in [0.5, 0.6) is 5.75 Å². The molecular formula is C17H16FNO2. The number of hydrogen-bond donors (Lipinski definition) is 1. The van der Waals surface area contributed by atoms with Crippen molar-refractivity contribution in [3.05, 3.63) is 65.5 Å². The number of carbonyl (C=O) groups is 1. The summed E-state index contributed by atoms with van der Waals surface area (Å²) in [6, 6.07) is 14.0. The van der Waals surface area contributed by atoms with Crippen molar-refractivity contribution in [2.24, 2.45) is 5.92 Å². The summed E-state index contributed by atoms with van der Waals surface area (Å²) in [6.07, 6.45) is 0.672. The van der Waals surface area contributed by atoms with E-state index in [4.69, 9.17) is 4.74 Å². The molecule has 0 saturated heterocycles. The molecule has 3 rings (SSSR count). The van der Waals surface area contributed by atoms with Gasteiger partial charge in [0, 0.05) is 6.54 Å². The van der Waals surface area contributed by atoms with Gasteiger partial charge in [-0.3, -0.25) is 4.79 Å². The molecule has 1 N–H and O–H groups in total. The van der Waals surface area contributed by atoms with Crippen molar-refractivity contribution in [3.63, 3.8) is 0 Å². The third-order valence-corrected chi connectivity index (χ3v) is 3.61. The minimum Gasteiger partial charge on any atom is -0.492 e. The molecule has 108 valence electrons. The lowest BCUT2D eigenvalue weighted by Gasteiger charge is -2.24. The first-order valence-electron chi connectivity index (χ1n) is 6.95. The highest BCUT2D eigenvalue weighted by molar-refractivity contribution is 5.79. The fourth-order valence-corrected chi connectivity index (χ4v) is 2.48. The Morgan fingerprint density at radius 1 is 1.24 bits per heavy atom. The second-order valence-corrected chi connectivity index (χ2v) is 5.17. The quantitative estimate of drug-likeness (QED) is 0.941. The van der Waals surface area contributed by atoms with E-state index >= 15 is 0 Å². The summed E-state index contributed by atoms with van der Waals surface area (Å²) in [6.45, 7) is 0.709. The van der Waals surface area contributed by atoms with Crippen molar-refractivity contribution in [3.8, 4) is 5.75 Å².